The molecule has 3 aromatic carbocycles. The molecule has 0 saturated heterocycles. The molecule has 0 atom stereocenters. The molecule has 4 rings (SSSR count). The fourth-order valence-corrected chi connectivity index (χ4v) is 2.76. The van der Waals surface area contributed by atoms with Gasteiger partial charge in [-0.05, 0) is 35.4 Å². The van der Waals surface area contributed by atoms with Crippen LogP contribution in [0, 0.1) is 0 Å². The van der Waals surface area contributed by atoms with Gasteiger partial charge >= 0.3 is 5.97 Å². The average molecular weight is 315 g/mol. The summed E-state index contributed by atoms with van der Waals surface area (Å²) >= 11 is 0. The monoisotopic (exact) mass is 315 g/mol. The Labute approximate surface area is 138 Å². The molecule has 4 aromatic rings. The predicted molar refractivity (Wildman–Crippen MR) is 91.8 cm³/mol. The van der Waals surface area contributed by atoms with Gasteiger partial charge in [-0.15, -0.1) is 0 Å². The molecule has 0 fully saturated rings. The Morgan fingerprint density at radius 1 is 0.833 bits per heavy atom. The molecule has 1 heterocycles. The van der Waals surface area contributed by atoms with Crippen LogP contribution in [-0.4, -0.2) is 16.2 Å². The second kappa shape index (κ2) is 5.66. The van der Waals surface area contributed by atoms with Crippen molar-refractivity contribution in [3.8, 4) is 22.4 Å². The number of hydrogen-bond acceptors (Lipinski definition) is 3. The molecule has 1 aromatic heterocycles. The van der Waals surface area contributed by atoms with Gasteiger partial charge in [0.15, 0.2) is 5.58 Å². The van der Waals surface area contributed by atoms with Crippen molar-refractivity contribution in [3.63, 3.8) is 0 Å². The van der Waals surface area contributed by atoms with Crippen LogP contribution in [0.4, 0.5) is 0 Å². The maximum absolute atomic E-state index is 11.1. The zero-order chi connectivity index (χ0) is 16.5. The van der Waals surface area contributed by atoms with E-state index in [-0.39, 0.29) is 5.56 Å². The number of fused-ring (bicyclic) bond motifs is 1. The van der Waals surface area contributed by atoms with E-state index in [0.717, 1.165) is 22.1 Å². The summed E-state index contributed by atoms with van der Waals surface area (Å²) < 4.78 is 5.47. The van der Waals surface area contributed by atoms with Gasteiger partial charge in [0.2, 0.25) is 0 Å². The largest absolute Gasteiger partial charge is 0.478 e. The normalized spacial score (nSPS) is 10.8. The van der Waals surface area contributed by atoms with Gasteiger partial charge in [0, 0.05) is 10.9 Å². The first-order valence-electron chi connectivity index (χ1n) is 7.51. The molecule has 0 bridgehead atoms. The van der Waals surface area contributed by atoms with E-state index in [1.54, 1.807) is 18.2 Å². The number of benzene rings is 3. The van der Waals surface area contributed by atoms with E-state index in [0.29, 0.717) is 11.3 Å². The molecule has 116 valence electrons. The summed E-state index contributed by atoms with van der Waals surface area (Å²) in [5.41, 5.74) is 4.42. The summed E-state index contributed by atoms with van der Waals surface area (Å²) in [5.74, 6) is -0.962. The lowest BCUT2D eigenvalue weighted by Crippen LogP contribution is -1.95. The van der Waals surface area contributed by atoms with E-state index in [9.17, 15) is 4.79 Å². The van der Waals surface area contributed by atoms with E-state index < -0.39 is 5.97 Å². The number of hydrogen-bond donors (Lipinski definition) is 1. The van der Waals surface area contributed by atoms with Crippen molar-refractivity contribution in [2.75, 3.05) is 0 Å². The minimum absolute atomic E-state index is 0.226. The second-order valence-electron chi connectivity index (χ2n) is 5.49. The second-order valence-corrected chi connectivity index (χ2v) is 5.49. The van der Waals surface area contributed by atoms with Gasteiger partial charge in [0.25, 0.3) is 0 Å². The molecule has 0 aliphatic rings. The standard InChI is InChI=1S/C20H13NO3/c22-20(23)16-8-4-7-15(11-16)19-17-10-9-14(12-18(17)24-21-19)13-5-2-1-3-6-13/h1-12H,(H,22,23). The highest BCUT2D eigenvalue weighted by molar-refractivity contribution is 5.96. The molecule has 0 aliphatic heterocycles. The Hall–Kier alpha value is -3.40. The van der Waals surface area contributed by atoms with Crippen molar-refractivity contribution in [1.29, 1.82) is 0 Å². The van der Waals surface area contributed by atoms with Crippen molar-refractivity contribution >= 4 is 16.9 Å². The SMILES string of the molecule is O=C(O)c1cccc(-c2noc3cc(-c4ccccc4)ccc23)c1. The molecule has 0 amide bonds. The first-order chi connectivity index (χ1) is 11.7. The first kappa shape index (κ1) is 14.2. The molecule has 4 heteroatoms. The predicted octanol–water partition coefficient (Wildman–Crippen LogP) is 4.86. The number of carbonyl (C=O) groups is 1. The summed E-state index contributed by atoms with van der Waals surface area (Å²) in [5, 5.41) is 14.1. The molecular weight excluding hydrogens is 302 g/mol. The number of carboxylic acid groups (broad SMARTS) is 1. The molecule has 0 spiro atoms. The Kier molecular flexibility index (Phi) is 3.35. The molecule has 1 N–H and O–H groups in total. The van der Waals surface area contributed by atoms with E-state index in [4.69, 9.17) is 9.63 Å². The zero-order valence-corrected chi connectivity index (χ0v) is 12.6. The van der Waals surface area contributed by atoms with E-state index >= 15 is 0 Å². The van der Waals surface area contributed by atoms with Crippen LogP contribution in [-0.2, 0) is 0 Å². The number of aromatic carboxylic acids is 1. The smallest absolute Gasteiger partial charge is 0.335 e. The highest BCUT2D eigenvalue weighted by atomic mass is 16.5. The van der Waals surface area contributed by atoms with Crippen molar-refractivity contribution < 1.29 is 14.4 Å². The quantitative estimate of drug-likeness (QED) is 0.586. The maximum Gasteiger partial charge on any atom is 0.335 e. The number of nitrogens with zero attached hydrogens (tertiary/aromatic N) is 1. The fourth-order valence-electron chi connectivity index (χ4n) is 2.76. The van der Waals surface area contributed by atoms with Crippen LogP contribution < -0.4 is 0 Å². The molecule has 24 heavy (non-hydrogen) atoms. The van der Waals surface area contributed by atoms with Crippen molar-refractivity contribution in [1.82, 2.24) is 5.16 Å². The van der Waals surface area contributed by atoms with Crippen LogP contribution in [0.2, 0.25) is 0 Å². The average Bonchev–Trinajstić information content (AvgIpc) is 3.05. The summed E-state index contributed by atoms with van der Waals surface area (Å²) in [6.45, 7) is 0. The van der Waals surface area contributed by atoms with E-state index in [1.807, 2.05) is 54.6 Å². The lowest BCUT2D eigenvalue weighted by molar-refractivity contribution is 0.0697. The molecule has 0 aliphatic carbocycles. The van der Waals surface area contributed by atoms with Gasteiger partial charge < -0.3 is 9.63 Å². The molecule has 0 unspecified atom stereocenters. The zero-order valence-electron chi connectivity index (χ0n) is 12.6. The third-order valence-electron chi connectivity index (χ3n) is 3.96. The third kappa shape index (κ3) is 2.44. The van der Waals surface area contributed by atoms with Gasteiger partial charge in [0.1, 0.15) is 5.69 Å². The Morgan fingerprint density at radius 3 is 2.42 bits per heavy atom. The summed E-state index contributed by atoms with van der Waals surface area (Å²) in [4.78, 5) is 11.1. The van der Waals surface area contributed by atoms with Crippen LogP contribution in [0.5, 0.6) is 0 Å². The van der Waals surface area contributed by atoms with Gasteiger partial charge in [0.05, 0.1) is 5.56 Å². The topological polar surface area (TPSA) is 63.3 Å². The van der Waals surface area contributed by atoms with Gasteiger partial charge in [-0.2, -0.15) is 0 Å². The number of carboxylic acids is 1. The summed E-state index contributed by atoms with van der Waals surface area (Å²) in [7, 11) is 0. The minimum atomic E-state index is -0.962. The Morgan fingerprint density at radius 2 is 1.62 bits per heavy atom. The molecule has 0 radical (unpaired) electrons. The first-order valence-corrected chi connectivity index (χ1v) is 7.51. The number of rotatable bonds is 3. The van der Waals surface area contributed by atoms with Crippen LogP contribution >= 0.6 is 0 Å². The summed E-state index contributed by atoms with van der Waals surface area (Å²) in [6.07, 6.45) is 0. The Bertz CT molecular complexity index is 1040. The number of aromatic nitrogens is 1. The lowest BCUT2D eigenvalue weighted by Gasteiger charge is -2.02. The van der Waals surface area contributed by atoms with Crippen molar-refractivity contribution in [3.05, 3.63) is 78.4 Å². The molecular formula is C20H13NO3. The molecule has 0 saturated carbocycles. The van der Waals surface area contributed by atoms with Crippen LogP contribution in [0.25, 0.3) is 33.4 Å². The molecule has 4 nitrogen and oxygen atoms in total. The third-order valence-corrected chi connectivity index (χ3v) is 3.96. The lowest BCUT2D eigenvalue weighted by atomic mass is 10.0. The van der Waals surface area contributed by atoms with Crippen LogP contribution in [0.15, 0.2) is 77.3 Å². The highest BCUT2D eigenvalue weighted by Gasteiger charge is 2.13. The van der Waals surface area contributed by atoms with Crippen LogP contribution in [0.3, 0.4) is 0 Å². The van der Waals surface area contributed by atoms with Crippen molar-refractivity contribution in [2.24, 2.45) is 0 Å². The van der Waals surface area contributed by atoms with E-state index in [2.05, 4.69) is 5.16 Å². The van der Waals surface area contributed by atoms with Gasteiger partial charge in [-0.3, -0.25) is 0 Å². The fraction of sp³-hybridized carbons (Fsp3) is 0. The maximum atomic E-state index is 11.1. The minimum Gasteiger partial charge on any atom is -0.478 e. The van der Waals surface area contributed by atoms with Gasteiger partial charge in [-0.25, -0.2) is 4.79 Å². The summed E-state index contributed by atoms with van der Waals surface area (Å²) in [6, 6.07) is 22.6. The highest BCUT2D eigenvalue weighted by Crippen LogP contribution is 2.31. The van der Waals surface area contributed by atoms with Crippen LogP contribution in [0.1, 0.15) is 10.4 Å². The Balaban J connectivity index is 1.81. The van der Waals surface area contributed by atoms with E-state index in [1.165, 1.54) is 0 Å². The van der Waals surface area contributed by atoms with Gasteiger partial charge in [-0.1, -0.05) is 53.7 Å². The van der Waals surface area contributed by atoms with Crippen molar-refractivity contribution in [2.45, 2.75) is 0 Å².